The third kappa shape index (κ3) is 5.85. The number of carboxylic acids is 1. The summed E-state index contributed by atoms with van der Waals surface area (Å²) in [5.74, 6) is -1.25. The number of ether oxygens (including phenoxy) is 1. The molecule has 1 rings (SSSR count). The van der Waals surface area contributed by atoms with Crippen LogP contribution in [0, 0.1) is 0 Å². The molecule has 0 radical (unpaired) electrons. The van der Waals surface area contributed by atoms with Gasteiger partial charge in [0.1, 0.15) is 5.60 Å². The van der Waals surface area contributed by atoms with E-state index in [9.17, 15) is 14.4 Å². The Kier molecular flexibility index (Phi) is 5.34. The van der Waals surface area contributed by atoms with Gasteiger partial charge < -0.3 is 20.5 Å². The van der Waals surface area contributed by atoms with Crippen molar-refractivity contribution in [3.8, 4) is 0 Å². The number of rotatable bonds is 3. The van der Waals surface area contributed by atoms with Crippen molar-refractivity contribution in [3.05, 3.63) is 11.6 Å². The van der Waals surface area contributed by atoms with Crippen LogP contribution in [0.15, 0.2) is 11.6 Å². The largest absolute Gasteiger partial charge is 0.478 e. The second kappa shape index (κ2) is 6.60. The van der Waals surface area contributed by atoms with Crippen LogP contribution < -0.4 is 10.6 Å². The van der Waals surface area contributed by atoms with Crippen molar-refractivity contribution in [2.24, 2.45) is 0 Å². The third-order valence-corrected chi connectivity index (χ3v) is 2.91. The second-order valence-electron chi connectivity index (χ2n) is 6.03. The van der Waals surface area contributed by atoms with Gasteiger partial charge in [-0.25, -0.2) is 9.59 Å². The number of carbonyl (C=O) groups excluding carboxylic acids is 2. The van der Waals surface area contributed by atoms with Crippen molar-refractivity contribution in [2.75, 3.05) is 0 Å². The lowest BCUT2D eigenvalue weighted by Crippen LogP contribution is -2.53. The van der Waals surface area contributed by atoms with E-state index in [0.29, 0.717) is 6.42 Å². The average molecular weight is 298 g/mol. The molecule has 0 spiro atoms. The van der Waals surface area contributed by atoms with Crippen LogP contribution in [0.2, 0.25) is 0 Å². The minimum Gasteiger partial charge on any atom is -0.478 e. The summed E-state index contributed by atoms with van der Waals surface area (Å²) in [6.45, 7) is 6.59. The molecule has 2 atom stereocenters. The summed E-state index contributed by atoms with van der Waals surface area (Å²) < 4.78 is 5.16. The highest BCUT2D eigenvalue weighted by atomic mass is 16.6. The molecule has 0 aromatic carbocycles. The Morgan fingerprint density at radius 3 is 2.33 bits per heavy atom. The molecule has 2 amide bonds. The van der Waals surface area contributed by atoms with Crippen molar-refractivity contribution < 1.29 is 24.2 Å². The summed E-state index contributed by atoms with van der Waals surface area (Å²) in [5, 5.41) is 14.4. The van der Waals surface area contributed by atoms with Gasteiger partial charge in [0.05, 0.1) is 12.1 Å². The highest BCUT2D eigenvalue weighted by Gasteiger charge is 2.31. The zero-order chi connectivity index (χ0) is 16.2. The van der Waals surface area contributed by atoms with E-state index in [-0.39, 0.29) is 23.9 Å². The standard InChI is InChI=1S/C14H22N2O5/c1-8(17)15-10-6-5-9(12(18)19)7-11(10)16-13(20)21-14(2,3)4/h5,10-11H,6-7H2,1-4H3,(H,15,17)(H,16,20)(H,18,19)/t10-,11-/m0/s1. The molecule has 0 aromatic rings. The summed E-state index contributed by atoms with van der Waals surface area (Å²) in [5.41, 5.74) is -0.425. The van der Waals surface area contributed by atoms with Gasteiger partial charge in [-0.3, -0.25) is 4.79 Å². The second-order valence-corrected chi connectivity index (χ2v) is 6.03. The molecule has 1 aliphatic rings. The molecular weight excluding hydrogens is 276 g/mol. The van der Waals surface area contributed by atoms with Crippen molar-refractivity contribution in [1.29, 1.82) is 0 Å². The van der Waals surface area contributed by atoms with Gasteiger partial charge in [-0.1, -0.05) is 6.08 Å². The molecule has 0 saturated carbocycles. The summed E-state index contributed by atoms with van der Waals surface area (Å²) >= 11 is 0. The normalized spacial score (nSPS) is 22.0. The molecule has 3 N–H and O–H groups in total. The van der Waals surface area contributed by atoms with Crippen LogP contribution in [-0.4, -0.2) is 40.8 Å². The van der Waals surface area contributed by atoms with Gasteiger partial charge in [0.15, 0.2) is 0 Å². The van der Waals surface area contributed by atoms with Gasteiger partial charge >= 0.3 is 12.1 Å². The molecule has 0 saturated heterocycles. The highest BCUT2D eigenvalue weighted by molar-refractivity contribution is 5.87. The molecular formula is C14H22N2O5. The Bertz CT molecular complexity index is 464. The fourth-order valence-electron chi connectivity index (χ4n) is 2.10. The third-order valence-electron chi connectivity index (χ3n) is 2.91. The van der Waals surface area contributed by atoms with Crippen LogP contribution in [0.5, 0.6) is 0 Å². The number of hydrogen-bond acceptors (Lipinski definition) is 4. The van der Waals surface area contributed by atoms with E-state index in [1.807, 2.05) is 0 Å². The number of carboxylic acid groups (broad SMARTS) is 1. The summed E-state index contributed by atoms with van der Waals surface area (Å²) in [4.78, 5) is 34.1. The summed E-state index contributed by atoms with van der Waals surface area (Å²) in [6.07, 6.45) is 1.42. The first-order valence-corrected chi connectivity index (χ1v) is 6.77. The maximum absolute atomic E-state index is 11.8. The van der Waals surface area contributed by atoms with Crippen molar-refractivity contribution in [3.63, 3.8) is 0 Å². The van der Waals surface area contributed by atoms with E-state index in [1.54, 1.807) is 26.8 Å². The van der Waals surface area contributed by atoms with Gasteiger partial charge in [0.25, 0.3) is 0 Å². The van der Waals surface area contributed by atoms with Gasteiger partial charge in [-0.2, -0.15) is 0 Å². The zero-order valence-electron chi connectivity index (χ0n) is 12.7. The van der Waals surface area contributed by atoms with Crippen molar-refractivity contribution in [2.45, 2.75) is 58.2 Å². The minimum atomic E-state index is -1.02. The molecule has 0 fully saturated rings. The highest BCUT2D eigenvalue weighted by Crippen LogP contribution is 2.20. The Morgan fingerprint density at radius 2 is 1.86 bits per heavy atom. The van der Waals surface area contributed by atoms with Gasteiger partial charge in [-0.05, 0) is 27.2 Å². The fraction of sp³-hybridized carbons (Fsp3) is 0.643. The summed E-state index contributed by atoms with van der Waals surface area (Å²) in [7, 11) is 0. The summed E-state index contributed by atoms with van der Waals surface area (Å²) in [6, 6.07) is -0.863. The maximum Gasteiger partial charge on any atom is 0.407 e. The number of aliphatic carboxylic acids is 1. The number of alkyl carbamates (subject to hydrolysis) is 1. The van der Waals surface area contributed by atoms with E-state index in [0.717, 1.165) is 0 Å². The lowest BCUT2D eigenvalue weighted by atomic mass is 9.90. The van der Waals surface area contributed by atoms with E-state index >= 15 is 0 Å². The zero-order valence-corrected chi connectivity index (χ0v) is 12.7. The van der Waals surface area contributed by atoms with Gasteiger partial charge in [-0.15, -0.1) is 0 Å². The number of amides is 2. The molecule has 0 aliphatic heterocycles. The van der Waals surface area contributed by atoms with E-state index in [1.165, 1.54) is 6.92 Å². The molecule has 1 aliphatic carbocycles. The molecule has 0 heterocycles. The maximum atomic E-state index is 11.8. The first-order chi connectivity index (χ1) is 9.58. The smallest absolute Gasteiger partial charge is 0.407 e. The van der Waals surface area contributed by atoms with Gasteiger partial charge in [0, 0.05) is 18.9 Å². The number of carbonyl (C=O) groups is 3. The van der Waals surface area contributed by atoms with Crippen LogP contribution in [0.3, 0.4) is 0 Å². The molecule has 118 valence electrons. The lowest BCUT2D eigenvalue weighted by Gasteiger charge is -2.32. The number of nitrogens with one attached hydrogen (secondary N) is 2. The Balaban J connectivity index is 2.77. The Morgan fingerprint density at radius 1 is 1.24 bits per heavy atom. The lowest BCUT2D eigenvalue weighted by molar-refractivity contribution is -0.133. The average Bonchev–Trinajstić information content (AvgIpc) is 2.27. The first kappa shape index (κ1) is 17.0. The van der Waals surface area contributed by atoms with Gasteiger partial charge in [0.2, 0.25) is 5.91 Å². The SMILES string of the molecule is CC(=O)N[C@H]1CC=C(C(=O)O)C[C@@H]1NC(=O)OC(C)(C)C. The predicted octanol–water partition coefficient (Wildman–Crippen LogP) is 1.19. The van der Waals surface area contributed by atoms with E-state index in [2.05, 4.69) is 10.6 Å². The van der Waals surface area contributed by atoms with Crippen LogP contribution in [0.1, 0.15) is 40.5 Å². The molecule has 7 nitrogen and oxygen atoms in total. The van der Waals surface area contributed by atoms with Crippen LogP contribution in [0.25, 0.3) is 0 Å². The van der Waals surface area contributed by atoms with Crippen LogP contribution in [0.4, 0.5) is 4.79 Å². The predicted molar refractivity (Wildman–Crippen MR) is 75.7 cm³/mol. The van der Waals surface area contributed by atoms with Crippen LogP contribution in [-0.2, 0) is 14.3 Å². The monoisotopic (exact) mass is 298 g/mol. The van der Waals surface area contributed by atoms with E-state index in [4.69, 9.17) is 9.84 Å². The first-order valence-electron chi connectivity index (χ1n) is 6.77. The molecule has 0 aromatic heterocycles. The Labute approximate surface area is 123 Å². The molecule has 0 bridgehead atoms. The van der Waals surface area contributed by atoms with Crippen molar-refractivity contribution in [1.82, 2.24) is 10.6 Å². The Hall–Kier alpha value is -2.05. The van der Waals surface area contributed by atoms with E-state index < -0.39 is 23.7 Å². The topological polar surface area (TPSA) is 105 Å². The quantitative estimate of drug-likeness (QED) is 0.726. The number of hydrogen-bond donors (Lipinski definition) is 3. The molecule has 0 unspecified atom stereocenters. The molecule has 21 heavy (non-hydrogen) atoms. The van der Waals surface area contributed by atoms with Crippen molar-refractivity contribution >= 4 is 18.0 Å². The van der Waals surface area contributed by atoms with Crippen LogP contribution >= 0.6 is 0 Å². The molecule has 7 heteroatoms. The fourth-order valence-corrected chi connectivity index (χ4v) is 2.10. The minimum absolute atomic E-state index is 0.138.